The minimum atomic E-state index is -0.561. The van der Waals surface area contributed by atoms with Gasteiger partial charge >= 0.3 is 0 Å². The molecule has 0 spiro atoms. The van der Waals surface area contributed by atoms with Crippen LogP contribution in [0, 0.1) is 27.9 Å². The quantitative estimate of drug-likeness (QED) is 0.525. The first-order chi connectivity index (χ1) is 10.1. The fourth-order valence-corrected chi connectivity index (χ4v) is 3.55. The molecule has 2 aliphatic rings. The van der Waals surface area contributed by atoms with Crippen molar-refractivity contribution < 1.29 is 9.72 Å². The predicted octanol–water partition coefficient (Wildman–Crippen LogP) is 2.75. The molecule has 2 fully saturated rings. The Kier molecular flexibility index (Phi) is 3.68. The van der Waals surface area contributed by atoms with Crippen LogP contribution in [0.5, 0.6) is 0 Å². The number of carbonyl (C=O) groups excluding carboxylic acids is 1. The molecular formula is C15H17N3O3. The second-order valence-electron chi connectivity index (χ2n) is 5.83. The maximum atomic E-state index is 12.0. The molecule has 0 unspecified atom stereocenters. The molecule has 0 heterocycles. The van der Waals surface area contributed by atoms with Gasteiger partial charge in [0.05, 0.1) is 4.92 Å². The van der Waals surface area contributed by atoms with Gasteiger partial charge in [0.25, 0.3) is 11.6 Å². The number of nitro groups is 1. The van der Waals surface area contributed by atoms with Crippen LogP contribution in [0.4, 0.5) is 5.69 Å². The Hall–Kier alpha value is -2.24. The second kappa shape index (κ2) is 5.63. The smallest absolute Gasteiger partial charge is 0.267 e. The van der Waals surface area contributed by atoms with Crippen molar-refractivity contribution in [2.75, 3.05) is 0 Å². The largest absolute Gasteiger partial charge is 0.282 e. The van der Waals surface area contributed by atoms with Gasteiger partial charge in [-0.2, -0.15) is 5.10 Å². The highest BCUT2D eigenvalue weighted by Crippen LogP contribution is 2.47. The monoisotopic (exact) mass is 287 g/mol. The van der Waals surface area contributed by atoms with Crippen LogP contribution in [0.3, 0.4) is 0 Å². The van der Waals surface area contributed by atoms with Gasteiger partial charge in [0.15, 0.2) is 0 Å². The molecule has 1 N–H and O–H groups in total. The van der Waals surface area contributed by atoms with Gasteiger partial charge in [-0.3, -0.25) is 14.9 Å². The summed E-state index contributed by atoms with van der Waals surface area (Å²) in [5.41, 5.74) is 2.24. The molecule has 3 rings (SSSR count). The predicted molar refractivity (Wildman–Crippen MR) is 78.0 cm³/mol. The summed E-state index contributed by atoms with van der Waals surface area (Å²) in [6.45, 7) is 0. The maximum Gasteiger partial charge on any atom is 0.282 e. The summed E-state index contributed by atoms with van der Waals surface area (Å²) in [5.74, 6) is 1.41. The molecule has 0 aliphatic heterocycles. The minimum absolute atomic E-state index is 0.0348. The van der Waals surface area contributed by atoms with Gasteiger partial charge in [0.1, 0.15) is 5.56 Å². The van der Waals surface area contributed by atoms with E-state index in [0.29, 0.717) is 11.8 Å². The standard InChI is InChI=1S/C15H17N3O3/c19-15(13-3-1-2-4-14(13)18(20)21)17-16-9-12-8-10-5-6-11(12)7-10/h1-4,9-12H,5-8H2,(H,17,19)/b16-9-/t10-,11-,12+/m1/s1. The fraction of sp³-hybridized carbons (Fsp3) is 0.467. The zero-order valence-corrected chi connectivity index (χ0v) is 11.6. The number of fused-ring (bicyclic) bond motifs is 2. The number of hydrogen-bond donors (Lipinski definition) is 1. The third kappa shape index (κ3) is 2.79. The lowest BCUT2D eigenvalue weighted by Crippen LogP contribution is -2.21. The number of nitrogens with zero attached hydrogens (tertiary/aromatic N) is 2. The molecule has 110 valence electrons. The number of rotatable bonds is 4. The average Bonchev–Trinajstić information content (AvgIpc) is 3.09. The third-order valence-corrected chi connectivity index (χ3v) is 4.57. The van der Waals surface area contributed by atoms with Crippen LogP contribution in [-0.2, 0) is 0 Å². The number of benzene rings is 1. The summed E-state index contributed by atoms with van der Waals surface area (Å²) in [7, 11) is 0. The van der Waals surface area contributed by atoms with Gasteiger partial charge in [-0.05, 0) is 43.1 Å². The van der Waals surface area contributed by atoms with Crippen LogP contribution in [-0.4, -0.2) is 17.0 Å². The van der Waals surface area contributed by atoms with Crippen LogP contribution >= 0.6 is 0 Å². The molecule has 0 saturated heterocycles. The number of amides is 1. The number of para-hydroxylation sites is 1. The summed E-state index contributed by atoms with van der Waals surface area (Å²) in [4.78, 5) is 22.3. The summed E-state index contributed by atoms with van der Waals surface area (Å²) >= 11 is 0. The van der Waals surface area contributed by atoms with E-state index in [9.17, 15) is 14.9 Å². The number of carbonyl (C=O) groups is 1. The summed E-state index contributed by atoms with van der Waals surface area (Å²) in [6.07, 6.45) is 6.79. The number of nitrogens with one attached hydrogen (secondary N) is 1. The normalized spacial score (nSPS) is 27.1. The molecule has 2 bridgehead atoms. The first-order valence-corrected chi connectivity index (χ1v) is 7.22. The van der Waals surface area contributed by atoms with Crippen molar-refractivity contribution in [3.8, 4) is 0 Å². The number of hydrogen-bond acceptors (Lipinski definition) is 4. The molecule has 1 aromatic rings. The number of nitro benzene ring substituents is 1. The van der Waals surface area contributed by atoms with Crippen LogP contribution < -0.4 is 5.43 Å². The molecule has 3 atom stereocenters. The average molecular weight is 287 g/mol. The summed E-state index contributed by atoms with van der Waals surface area (Å²) in [6, 6.07) is 5.88. The molecule has 6 heteroatoms. The van der Waals surface area contributed by atoms with Crippen molar-refractivity contribution in [3.63, 3.8) is 0 Å². The van der Waals surface area contributed by atoms with E-state index in [4.69, 9.17) is 0 Å². The van der Waals surface area contributed by atoms with Crippen molar-refractivity contribution in [2.45, 2.75) is 25.7 Å². The molecule has 0 aromatic heterocycles. The zero-order valence-electron chi connectivity index (χ0n) is 11.6. The van der Waals surface area contributed by atoms with E-state index < -0.39 is 10.8 Å². The fourth-order valence-electron chi connectivity index (χ4n) is 3.55. The SMILES string of the molecule is O=C(N/N=C\[C@@H]1C[C@@H]2CC[C@@H]1C2)c1ccccc1[N+](=O)[O-]. The van der Waals surface area contributed by atoms with Crippen LogP contribution in [0.25, 0.3) is 0 Å². The molecule has 1 aromatic carbocycles. The van der Waals surface area contributed by atoms with E-state index in [1.807, 2.05) is 0 Å². The highest BCUT2D eigenvalue weighted by Gasteiger charge is 2.38. The summed E-state index contributed by atoms with van der Waals surface area (Å²) in [5, 5.41) is 14.9. The van der Waals surface area contributed by atoms with E-state index in [-0.39, 0.29) is 11.3 Å². The van der Waals surface area contributed by atoms with Gasteiger partial charge in [-0.1, -0.05) is 18.6 Å². The first kappa shape index (κ1) is 13.7. The first-order valence-electron chi connectivity index (χ1n) is 7.22. The Morgan fingerprint density at radius 3 is 2.81 bits per heavy atom. The molecule has 2 aliphatic carbocycles. The highest BCUT2D eigenvalue weighted by molar-refractivity contribution is 5.98. The van der Waals surface area contributed by atoms with E-state index in [0.717, 1.165) is 12.3 Å². The van der Waals surface area contributed by atoms with Gasteiger partial charge in [0.2, 0.25) is 0 Å². The Morgan fingerprint density at radius 2 is 2.14 bits per heavy atom. The lowest BCUT2D eigenvalue weighted by Gasteiger charge is -2.16. The van der Waals surface area contributed by atoms with Crippen molar-refractivity contribution in [3.05, 3.63) is 39.9 Å². The van der Waals surface area contributed by atoms with Crippen molar-refractivity contribution in [1.29, 1.82) is 0 Å². The highest BCUT2D eigenvalue weighted by atomic mass is 16.6. The Labute approximate surface area is 122 Å². The van der Waals surface area contributed by atoms with E-state index in [1.54, 1.807) is 12.3 Å². The maximum absolute atomic E-state index is 12.0. The summed E-state index contributed by atoms with van der Waals surface area (Å²) < 4.78 is 0. The molecular weight excluding hydrogens is 270 g/mol. The topological polar surface area (TPSA) is 84.6 Å². The van der Waals surface area contributed by atoms with Crippen LogP contribution in [0.2, 0.25) is 0 Å². The Morgan fingerprint density at radius 1 is 1.33 bits per heavy atom. The van der Waals surface area contributed by atoms with E-state index in [2.05, 4.69) is 10.5 Å². The van der Waals surface area contributed by atoms with E-state index in [1.165, 1.54) is 37.5 Å². The lowest BCUT2D eigenvalue weighted by molar-refractivity contribution is -0.385. The Balaban J connectivity index is 1.63. The lowest BCUT2D eigenvalue weighted by atomic mass is 9.90. The minimum Gasteiger partial charge on any atom is -0.267 e. The van der Waals surface area contributed by atoms with Crippen molar-refractivity contribution in [1.82, 2.24) is 5.43 Å². The molecule has 6 nitrogen and oxygen atoms in total. The van der Waals surface area contributed by atoms with Gasteiger partial charge in [-0.15, -0.1) is 0 Å². The zero-order chi connectivity index (χ0) is 14.8. The van der Waals surface area contributed by atoms with Crippen molar-refractivity contribution in [2.24, 2.45) is 22.9 Å². The van der Waals surface area contributed by atoms with Crippen LogP contribution in [0.15, 0.2) is 29.4 Å². The van der Waals surface area contributed by atoms with Gasteiger partial charge < -0.3 is 0 Å². The van der Waals surface area contributed by atoms with Gasteiger partial charge in [0, 0.05) is 12.3 Å². The van der Waals surface area contributed by atoms with Gasteiger partial charge in [-0.25, -0.2) is 5.43 Å². The Bertz CT molecular complexity index is 600. The molecule has 1 amide bonds. The molecule has 21 heavy (non-hydrogen) atoms. The molecule has 0 radical (unpaired) electrons. The van der Waals surface area contributed by atoms with E-state index >= 15 is 0 Å². The number of hydrazone groups is 1. The third-order valence-electron chi connectivity index (χ3n) is 4.57. The van der Waals surface area contributed by atoms with Crippen LogP contribution in [0.1, 0.15) is 36.0 Å². The van der Waals surface area contributed by atoms with Crippen molar-refractivity contribution >= 4 is 17.8 Å². The molecule has 2 saturated carbocycles. The second-order valence-corrected chi connectivity index (χ2v) is 5.83.